The van der Waals surface area contributed by atoms with E-state index < -0.39 is 0 Å². The van der Waals surface area contributed by atoms with E-state index in [9.17, 15) is 0 Å². The Kier molecular flexibility index (Phi) is 5.85. The molecule has 0 spiro atoms. The molecule has 20 heavy (non-hydrogen) atoms. The summed E-state index contributed by atoms with van der Waals surface area (Å²) in [6.07, 6.45) is 9.24. The zero-order valence-corrected chi connectivity index (χ0v) is 12.3. The maximum Gasteiger partial charge on any atom is 0.106 e. The van der Waals surface area contributed by atoms with Crippen molar-refractivity contribution in [1.29, 1.82) is 0 Å². The molecule has 0 bridgehead atoms. The average molecular weight is 270 g/mol. The summed E-state index contributed by atoms with van der Waals surface area (Å²) in [6.45, 7) is 6.19. The summed E-state index contributed by atoms with van der Waals surface area (Å²) < 4.78 is 5.59. The molecular weight excluding hydrogens is 246 g/mol. The number of unbranched alkanes of at least 4 members (excludes halogenated alkanes) is 1. The van der Waals surface area contributed by atoms with Crippen LogP contribution in [0.25, 0.3) is 0 Å². The minimum Gasteiger partial charge on any atom is -0.469 e. The number of nitrogens with zero attached hydrogens (tertiary/aromatic N) is 1. The second kappa shape index (κ2) is 7.88. The number of furan rings is 1. The second-order valence-electron chi connectivity index (χ2n) is 5.44. The van der Waals surface area contributed by atoms with E-state index >= 15 is 0 Å². The summed E-state index contributed by atoms with van der Waals surface area (Å²) in [5.41, 5.74) is 1.18. The molecule has 2 heteroatoms. The second-order valence-corrected chi connectivity index (χ2v) is 5.44. The van der Waals surface area contributed by atoms with E-state index in [1.807, 2.05) is 18.3 Å². The maximum absolute atomic E-state index is 5.59. The van der Waals surface area contributed by atoms with Crippen LogP contribution in [0.2, 0.25) is 0 Å². The quantitative estimate of drug-likeness (QED) is 0.646. The maximum atomic E-state index is 5.59. The number of rotatable bonds is 8. The minimum atomic E-state index is 0.494. The molecule has 0 N–H and O–H groups in total. The largest absolute Gasteiger partial charge is 0.469 e. The molecule has 107 valence electrons. The van der Waals surface area contributed by atoms with Gasteiger partial charge in [-0.2, -0.15) is 0 Å². The Morgan fingerprint density at radius 3 is 2.70 bits per heavy atom. The van der Waals surface area contributed by atoms with Crippen molar-refractivity contribution in [1.82, 2.24) is 4.98 Å². The molecule has 2 unspecified atom stereocenters. The lowest BCUT2D eigenvalue weighted by molar-refractivity contribution is 0.408. The Hall–Kier alpha value is -1.57. The molecular formula is C18H24NO. The molecule has 0 amide bonds. The summed E-state index contributed by atoms with van der Waals surface area (Å²) >= 11 is 0. The van der Waals surface area contributed by atoms with Crippen LogP contribution in [-0.2, 0) is 0 Å². The van der Waals surface area contributed by atoms with Gasteiger partial charge in [0.05, 0.1) is 6.26 Å². The van der Waals surface area contributed by atoms with E-state index in [-0.39, 0.29) is 0 Å². The van der Waals surface area contributed by atoms with Crippen molar-refractivity contribution < 1.29 is 4.42 Å². The molecule has 2 rings (SSSR count). The molecule has 2 aromatic rings. The van der Waals surface area contributed by atoms with Gasteiger partial charge in [-0.05, 0) is 49.4 Å². The fourth-order valence-electron chi connectivity index (χ4n) is 2.61. The van der Waals surface area contributed by atoms with Crippen LogP contribution in [0.15, 0.2) is 47.2 Å². The summed E-state index contributed by atoms with van der Waals surface area (Å²) in [5.74, 6) is 2.12. The molecule has 2 aromatic heterocycles. The van der Waals surface area contributed by atoms with E-state index in [0.717, 1.165) is 37.9 Å². The Balaban J connectivity index is 1.91. The molecule has 0 aliphatic heterocycles. The van der Waals surface area contributed by atoms with Crippen LogP contribution >= 0.6 is 0 Å². The predicted molar refractivity (Wildman–Crippen MR) is 82.5 cm³/mol. The monoisotopic (exact) mass is 270 g/mol. The van der Waals surface area contributed by atoms with E-state index in [1.165, 1.54) is 5.69 Å². The molecule has 1 radical (unpaired) electrons. The molecule has 0 aromatic carbocycles. The summed E-state index contributed by atoms with van der Waals surface area (Å²) in [5, 5.41) is 0. The highest BCUT2D eigenvalue weighted by atomic mass is 16.3. The Morgan fingerprint density at radius 2 is 2.05 bits per heavy atom. The summed E-state index contributed by atoms with van der Waals surface area (Å²) in [7, 11) is 0. The molecule has 0 aliphatic carbocycles. The molecule has 2 atom stereocenters. The topological polar surface area (TPSA) is 26.0 Å². The highest BCUT2D eigenvalue weighted by molar-refractivity contribution is 5.09. The molecule has 2 nitrogen and oxygen atoms in total. The van der Waals surface area contributed by atoms with Crippen LogP contribution in [0, 0.1) is 6.92 Å². The Labute approximate surface area is 122 Å². The van der Waals surface area contributed by atoms with Crippen molar-refractivity contribution >= 4 is 0 Å². The smallest absolute Gasteiger partial charge is 0.106 e. The molecule has 0 fully saturated rings. The molecule has 0 saturated carbocycles. The van der Waals surface area contributed by atoms with Crippen molar-refractivity contribution in [3.8, 4) is 0 Å². The predicted octanol–water partition coefficient (Wildman–Crippen LogP) is 5.35. The zero-order chi connectivity index (χ0) is 14.2. The first-order valence-corrected chi connectivity index (χ1v) is 7.55. The normalized spacial score (nSPS) is 14.1. The first-order valence-electron chi connectivity index (χ1n) is 7.55. The highest BCUT2D eigenvalue weighted by Crippen LogP contribution is 2.31. The van der Waals surface area contributed by atoms with Gasteiger partial charge in [-0.15, -0.1) is 0 Å². The van der Waals surface area contributed by atoms with Crippen LogP contribution in [-0.4, -0.2) is 4.98 Å². The van der Waals surface area contributed by atoms with Gasteiger partial charge < -0.3 is 4.42 Å². The first-order chi connectivity index (χ1) is 9.81. The van der Waals surface area contributed by atoms with Crippen molar-refractivity contribution in [2.45, 2.75) is 50.9 Å². The van der Waals surface area contributed by atoms with Gasteiger partial charge in [0.15, 0.2) is 0 Å². The van der Waals surface area contributed by atoms with Crippen molar-refractivity contribution in [2.24, 2.45) is 0 Å². The van der Waals surface area contributed by atoms with E-state index in [4.69, 9.17) is 4.42 Å². The fourth-order valence-corrected chi connectivity index (χ4v) is 2.61. The lowest BCUT2D eigenvalue weighted by atomic mass is 9.89. The van der Waals surface area contributed by atoms with Crippen molar-refractivity contribution in [3.63, 3.8) is 0 Å². The first kappa shape index (κ1) is 14.8. The van der Waals surface area contributed by atoms with E-state index in [0.29, 0.717) is 11.8 Å². The third-order valence-electron chi connectivity index (χ3n) is 3.89. The lowest BCUT2D eigenvalue weighted by Crippen LogP contribution is -2.02. The summed E-state index contributed by atoms with van der Waals surface area (Å²) in [6, 6.07) is 10.2. The number of pyridine rings is 1. The van der Waals surface area contributed by atoms with Crippen LogP contribution in [0.4, 0.5) is 0 Å². The number of hydrogen-bond acceptors (Lipinski definition) is 2. The van der Waals surface area contributed by atoms with Crippen molar-refractivity contribution in [2.75, 3.05) is 0 Å². The molecule has 0 saturated heterocycles. The van der Waals surface area contributed by atoms with Crippen LogP contribution in [0.5, 0.6) is 0 Å². The Bertz CT molecular complexity index is 463. The fraction of sp³-hybridized carbons (Fsp3) is 0.444. The van der Waals surface area contributed by atoms with Gasteiger partial charge in [0.1, 0.15) is 5.76 Å². The third-order valence-corrected chi connectivity index (χ3v) is 3.89. The van der Waals surface area contributed by atoms with Gasteiger partial charge in [0.2, 0.25) is 0 Å². The molecule has 0 aliphatic rings. The lowest BCUT2D eigenvalue weighted by Gasteiger charge is -2.17. The van der Waals surface area contributed by atoms with Gasteiger partial charge in [-0.25, -0.2) is 0 Å². The zero-order valence-electron chi connectivity index (χ0n) is 12.3. The van der Waals surface area contributed by atoms with Gasteiger partial charge in [-0.3, -0.25) is 4.98 Å². The van der Waals surface area contributed by atoms with Gasteiger partial charge in [0, 0.05) is 17.8 Å². The van der Waals surface area contributed by atoms with Crippen LogP contribution in [0.1, 0.15) is 62.3 Å². The average Bonchev–Trinajstić information content (AvgIpc) is 3.02. The standard InChI is InChI=1S/C18H24NO/c1-3-4-8-16(18-10-7-14-20-18)12-11-15(2)17-9-5-6-13-19-17/h5-7,9-10,13-16H,1,3-4,8,11-12H2,2H3. The van der Waals surface area contributed by atoms with E-state index in [1.54, 1.807) is 6.26 Å². The van der Waals surface area contributed by atoms with Crippen LogP contribution in [0.3, 0.4) is 0 Å². The minimum absolute atomic E-state index is 0.494. The third kappa shape index (κ3) is 4.22. The van der Waals surface area contributed by atoms with Gasteiger partial charge in [0.25, 0.3) is 0 Å². The highest BCUT2D eigenvalue weighted by Gasteiger charge is 2.16. The summed E-state index contributed by atoms with van der Waals surface area (Å²) in [4.78, 5) is 4.45. The van der Waals surface area contributed by atoms with E-state index in [2.05, 4.69) is 37.0 Å². The van der Waals surface area contributed by atoms with Gasteiger partial charge >= 0.3 is 0 Å². The van der Waals surface area contributed by atoms with Gasteiger partial charge in [-0.1, -0.05) is 32.8 Å². The SMILES string of the molecule is [CH2]CCCC(CCC(C)c1ccccn1)c1ccco1. The van der Waals surface area contributed by atoms with Crippen molar-refractivity contribution in [3.05, 3.63) is 61.2 Å². The molecule has 2 heterocycles. The number of aromatic nitrogens is 1. The number of hydrogen-bond donors (Lipinski definition) is 0. The van der Waals surface area contributed by atoms with Crippen LogP contribution < -0.4 is 0 Å². The Morgan fingerprint density at radius 1 is 1.15 bits per heavy atom.